The molecule has 0 radical (unpaired) electrons. The van der Waals surface area contributed by atoms with Crippen LogP contribution in [0, 0.1) is 0 Å². The lowest BCUT2D eigenvalue weighted by Gasteiger charge is -2.22. The van der Waals surface area contributed by atoms with E-state index in [1.54, 1.807) is 6.08 Å². The van der Waals surface area contributed by atoms with Crippen molar-refractivity contribution in [2.75, 3.05) is 6.54 Å². The number of benzene rings is 1. The minimum atomic E-state index is 0.303. The first kappa shape index (κ1) is 32.7. The Balaban J connectivity index is 1.82. The minimum absolute atomic E-state index is 0.303. The van der Waals surface area contributed by atoms with Crippen LogP contribution in [0.1, 0.15) is 55.4 Å². The maximum atomic E-state index is 4.28. The Bertz CT molecular complexity index is 1510. The largest absolute Gasteiger partial charge is 0.364 e. The Morgan fingerprint density at radius 3 is 2.28 bits per heavy atom. The zero-order chi connectivity index (χ0) is 31.2. The van der Waals surface area contributed by atoms with Crippen molar-refractivity contribution >= 4 is 23.4 Å². The highest BCUT2D eigenvalue weighted by molar-refractivity contribution is 5.88. The fraction of sp³-hybridized carbons (Fsp3) is 0.171. The third kappa shape index (κ3) is 8.36. The third-order valence-corrected chi connectivity index (χ3v) is 7.58. The summed E-state index contributed by atoms with van der Waals surface area (Å²) in [6.45, 7) is 29.9. The van der Waals surface area contributed by atoms with Crippen molar-refractivity contribution < 1.29 is 0 Å². The van der Waals surface area contributed by atoms with Crippen molar-refractivity contribution in [3.05, 3.63) is 181 Å². The van der Waals surface area contributed by atoms with E-state index in [0.717, 1.165) is 76.1 Å². The maximum absolute atomic E-state index is 4.28. The SMILES string of the molecule is C=C/C=C(/C=C/C=C\C=C\C(=C\C=C)c1ccc(C2=CN(CC)C(CC)N2)c(C=C)c1C=C)C(=C)/C=C1/CCC=CC1=C. The zero-order valence-electron chi connectivity index (χ0n) is 26.0. The first-order valence-electron chi connectivity index (χ1n) is 15.0. The number of rotatable bonds is 14. The Morgan fingerprint density at radius 2 is 1.67 bits per heavy atom. The quantitative estimate of drug-likeness (QED) is 0.225. The van der Waals surface area contributed by atoms with Gasteiger partial charge >= 0.3 is 0 Å². The summed E-state index contributed by atoms with van der Waals surface area (Å²) < 4.78 is 0. The summed E-state index contributed by atoms with van der Waals surface area (Å²) in [4.78, 5) is 2.34. The molecule has 1 unspecified atom stereocenters. The van der Waals surface area contributed by atoms with Crippen molar-refractivity contribution in [3.8, 4) is 0 Å². The molecular formula is C41H46N2. The van der Waals surface area contributed by atoms with E-state index in [-0.39, 0.29) is 0 Å². The Kier molecular flexibility index (Phi) is 12.6. The van der Waals surface area contributed by atoms with Crippen LogP contribution >= 0.6 is 0 Å². The lowest BCUT2D eigenvalue weighted by molar-refractivity contribution is 0.285. The monoisotopic (exact) mass is 566 g/mol. The van der Waals surface area contributed by atoms with Gasteiger partial charge in [-0.3, -0.25) is 0 Å². The maximum Gasteiger partial charge on any atom is 0.0983 e. The third-order valence-electron chi connectivity index (χ3n) is 7.58. The van der Waals surface area contributed by atoms with Gasteiger partial charge in [-0.05, 0) is 70.7 Å². The first-order valence-corrected chi connectivity index (χ1v) is 15.0. The lowest BCUT2D eigenvalue weighted by atomic mass is 9.90. The second-order valence-corrected chi connectivity index (χ2v) is 10.3. The Morgan fingerprint density at radius 1 is 0.953 bits per heavy atom. The van der Waals surface area contributed by atoms with Gasteiger partial charge in [0.15, 0.2) is 0 Å². The molecule has 220 valence electrons. The standard InChI is InChI=1S/C41H46N2/c1-9-21-33(32(8)29-35-26-20-19-23-31(35)7)24-17-15-16-18-25-34(22-10-2)38-27-28-39(37(12-4)36(38)11-3)40-30-43(14-6)41(13-5)42-40/h9-12,15-19,21-25,27-30,41-42H,1-4,7-8,13-14,20,26H2,5-6H3/b16-15-,24-17+,25-18+,33-21-,34-22-,35-29-. The molecule has 3 rings (SSSR count). The molecule has 1 N–H and O–H groups in total. The topological polar surface area (TPSA) is 15.3 Å². The van der Waals surface area contributed by atoms with Crippen LogP contribution in [0.3, 0.4) is 0 Å². The average Bonchev–Trinajstić information content (AvgIpc) is 3.45. The summed E-state index contributed by atoms with van der Waals surface area (Å²) >= 11 is 0. The second kappa shape index (κ2) is 16.6. The molecule has 1 atom stereocenters. The summed E-state index contributed by atoms with van der Waals surface area (Å²) in [5.41, 5.74) is 10.7. The molecule has 2 heteroatoms. The van der Waals surface area contributed by atoms with E-state index in [1.165, 1.54) is 5.57 Å². The fourth-order valence-electron chi connectivity index (χ4n) is 5.31. The number of nitrogens with zero attached hydrogens (tertiary/aromatic N) is 1. The van der Waals surface area contributed by atoms with Gasteiger partial charge in [0.2, 0.25) is 0 Å². The van der Waals surface area contributed by atoms with Gasteiger partial charge in [0.25, 0.3) is 0 Å². The number of hydrogen-bond donors (Lipinski definition) is 1. The van der Waals surface area contributed by atoms with Crippen LogP contribution in [0.4, 0.5) is 0 Å². The van der Waals surface area contributed by atoms with Gasteiger partial charge in [-0.1, -0.05) is 150 Å². The molecule has 0 spiro atoms. The number of allylic oxidation sites excluding steroid dienone is 18. The molecule has 0 bridgehead atoms. The molecule has 43 heavy (non-hydrogen) atoms. The molecule has 2 nitrogen and oxygen atoms in total. The second-order valence-electron chi connectivity index (χ2n) is 10.3. The van der Waals surface area contributed by atoms with Gasteiger partial charge in [-0.15, -0.1) is 0 Å². The summed E-state index contributed by atoms with van der Waals surface area (Å²) in [5.74, 6) is 0. The van der Waals surface area contributed by atoms with Crippen LogP contribution < -0.4 is 5.32 Å². The van der Waals surface area contributed by atoms with Crippen molar-refractivity contribution in [1.82, 2.24) is 10.2 Å². The smallest absolute Gasteiger partial charge is 0.0983 e. The zero-order valence-corrected chi connectivity index (χ0v) is 26.0. The molecule has 0 amide bonds. The average molecular weight is 567 g/mol. The Hall–Kier alpha value is -4.82. The molecule has 0 aromatic heterocycles. The predicted octanol–water partition coefficient (Wildman–Crippen LogP) is 10.7. The predicted molar refractivity (Wildman–Crippen MR) is 193 cm³/mol. The Labute approximate surface area is 260 Å². The van der Waals surface area contributed by atoms with E-state index in [9.17, 15) is 0 Å². The van der Waals surface area contributed by atoms with Crippen LogP contribution in [0.5, 0.6) is 0 Å². The van der Waals surface area contributed by atoms with Gasteiger partial charge < -0.3 is 10.2 Å². The number of nitrogens with one attached hydrogen (secondary N) is 1. The molecule has 0 fully saturated rings. The van der Waals surface area contributed by atoms with Crippen LogP contribution in [-0.4, -0.2) is 17.6 Å². The number of hydrogen-bond acceptors (Lipinski definition) is 2. The lowest BCUT2D eigenvalue weighted by Crippen LogP contribution is -2.35. The van der Waals surface area contributed by atoms with Crippen molar-refractivity contribution in [2.24, 2.45) is 0 Å². The van der Waals surface area contributed by atoms with Crippen molar-refractivity contribution in [3.63, 3.8) is 0 Å². The molecule has 0 saturated heterocycles. The van der Waals surface area contributed by atoms with Gasteiger partial charge in [-0.25, -0.2) is 0 Å². The van der Waals surface area contributed by atoms with Crippen LogP contribution in [0.15, 0.2) is 159 Å². The van der Waals surface area contributed by atoms with E-state index in [0.29, 0.717) is 6.17 Å². The molecule has 1 aliphatic carbocycles. The summed E-state index contributed by atoms with van der Waals surface area (Å²) in [5, 5.41) is 3.68. The van der Waals surface area contributed by atoms with Crippen molar-refractivity contribution in [1.29, 1.82) is 0 Å². The molecule has 1 aromatic rings. The summed E-state index contributed by atoms with van der Waals surface area (Å²) in [6, 6.07) is 4.33. The summed E-state index contributed by atoms with van der Waals surface area (Å²) in [7, 11) is 0. The van der Waals surface area contributed by atoms with E-state index >= 15 is 0 Å². The van der Waals surface area contributed by atoms with E-state index in [4.69, 9.17) is 0 Å². The van der Waals surface area contributed by atoms with Gasteiger partial charge in [0.05, 0.1) is 11.9 Å². The first-order chi connectivity index (χ1) is 20.9. The minimum Gasteiger partial charge on any atom is -0.364 e. The molecule has 1 heterocycles. The van der Waals surface area contributed by atoms with E-state index < -0.39 is 0 Å². The van der Waals surface area contributed by atoms with Crippen LogP contribution in [0.2, 0.25) is 0 Å². The van der Waals surface area contributed by atoms with E-state index in [1.807, 2.05) is 60.8 Å². The van der Waals surface area contributed by atoms with E-state index in [2.05, 4.69) is 106 Å². The summed E-state index contributed by atoms with van der Waals surface area (Å²) in [6.07, 6.45) is 35.6. The van der Waals surface area contributed by atoms with Gasteiger partial charge in [-0.2, -0.15) is 0 Å². The van der Waals surface area contributed by atoms with Gasteiger partial charge in [0.1, 0.15) is 0 Å². The molecule has 0 saturated carbocycles. The highest BCUT2D eigenvalue weighted by atomic mass is 15.3. The molecule has 1 aromatic carbocycles. The highest BCUT2D eigenvalue weighted by Crippen LogP contribution is 2.33. The molecular weight excluding hydrogens is 520 g/mol. The van der Waals surface area contributed by atoms with Gasteiger partial charge in [0, 0.05) is 18.3 Å². The van der Waals surface area contributed by atoms with Crippen LogP contribution in [0.25, 0.3) is 23.4 Å². The molecule has 1 aliphatic heterocycles. The van der Waals surface area contributed by atoms with Crippen molar-refractivity contribution in [2.45, 2.75) is 39.3 Å². The highest BCUT2D eigenvalue weighted by Gasteiger charge is 2.23. The molecule has 2 aliphatic rings. The normalized spacial score (nSPS) is 18.5. The fourth-order valence-corrected chi connectivity index (χ4v) is 5.31. The van der Waals surface area contributed by atoms with Crippen LogP contribution in [-0.2, 0) is 0 Å².